The Morgan fingerprint density at radius 2 is 0.762 bits per heavy atom. The predicted molar refractivity (Wildman–Crippen MR) is 157 cm³/mol. The molecule has 0 aliphatic heterocycles. The summed E-state index contributed by atoms with van der Waals surface area (Å²) in [5.41, 5.74) is 4.36. The van der Waals surface area contributed by atoms with Crippen molar-refractivity contribution in [3.63, 3.8) is 0 Å². The summed E-state index contributed by atoms with van der Waals surface area (Å²) in [6.45, 7) is 7.35. The molecule has 0 aliphatic carbocycles. The lowest BCUT2D eigenvalue weighted by Crippen LogP contribution is -2.03. The Labute approximate surface area is 242 Å². The van der Waals surface area contributed by atoms with E-state index in [9.17, 15) is 5.26 Å². The van der Waals surface area contributed by atoms with E-state index in [0.29, 0.717) is 63.5 Å². The average Bonchev–Trinajstić information content (AvgIpc) is 3.00. The molecule has 10 nitrogen and oxygen atoms in total. The number of hydrogen-bond acceptors (Lipinski definition) is 10. The first-order chi connectivity index (χ1) is 20.3. The number of aromatic nitrogens is 9. The summed E-state index contributed by atoms with van der Waals surface area (Å²) in [5, 5.41) is 9.27. The highest BCUT2D eigenvalue weighted by Crippen LogP contribution is 2.31. The number of nitriles is 1. The van der Waals surface area contributed by atoms with Crippen LogP contribution in [-0.4, -0.2) is 44.9 Å². The van der Waals surface area contributed by atoms with Gasteiger partial charge in [0.2, 0.25) is 0 Å². The van der Waals surface area contributed by atoms with Gasteiger partial charge in [0.05, 0.1) is 11.6 Å². The zero-order valence-corrected chi connectivity index (χ0v) is 23.4. The quantitative estimate of drug-likeness (QED) is 0.264. The van der Waals surface area contributed by atoms with Crippen molar-refractivity contribution in [2.75, 3.05) is 0 Å². The number of rotatable bonds is 5. The van der Waals surface area contributed by atoms with Gasteiger partial charge in [0.25, 0.3) is 0 Å². The Kier molecular flexibility index (Phi) is 6.90. The molecule has 10 heteroatoms. The monoisotopic (exact) mass is 548 g/mol. The summed E-state index contributed by atoms with van der Waals surface area (Å²) in [6, 6.07) is 24.9. The van der Waals surface area contributed by atoms with E-state index in [0.717, 1.165) is 22.3 Å². The molecule has 3 aromatic heterocycles. The van der Waals surface area contributed by atoms with Gasteiger partial charge in [-0.3, -0.25) is 0 Å². The maximum atomic E-state index is 9.27. The molecule has 3 heterocycles. The van der Waals surface area contributed by atoms with Gasteiger partial charge < -0.3 is 0 Å². The maximum Gasteiger partial charge on any atom is 0.164 e. The molecule has 3 aromatic carbocycles. The van der Waals surface area contributed by atoms with Gasteiger partial charge in [-0.2, -0.15) is 5.26 Å². The van der Waals surface area contributed by atoms with Crippen molar-refractivity contribution < 1.29 is 0 Å². The predicted octanol–water partition coefficient (Wildman–Crippen LogP) is 5.68. The number of hydrogen-bond donors (Lipinski definition) is 0. The molecular weight excluding hydrogens is 524 g/mol. The van der Waals surface area contributed by atoms with Crippen LogP contribution in [0.2, 0.25) is 0 Å². The molecule has 0 atom stereocenters. The van der Waals surface area contributed by atoms with Crippen LogP contribution in [0.4, 0.5) is 0 Å². The molecule has 0 N–H and O–H groups in total. The van der Waals surface area contributed by atoms with Crippen LogP contribution in [0.25, 0.3) is 56.9 Å². The van der Waals surface area contributed by atoms with E-state index in [-0.39, 0.29) is 0 Å². The van der Waals surface area contributed by atoms with Crippen molar-refractivity contribution >= 4 is 0 Å². The van der Waals surface area contributed by atoms with E-state index in [4.69, 9.17) is 15.0 Å². The maximum absolute atomic E-state index is 9.27. The highest BCUT2D eigenvalue weighted by atomic mass is 15.0. The van der Waals surface area contributed by atoms with Crippen LogP contribution in [0, 0.1) is 39.0 Å². The molecule has 6 aromatic rings. The minimum atomic E-state index is 0.455. The first-order valence-electron chi connectivity index (χ1n) is 13.2. The largest absolute Gasteiger partial charge is 0.219 e. The van der Waals surface area contributed by atoms with Crippen molar-refractivity contribution in [1.82, 2.24) is 44.9 Å². The summed E-state index contributed by atoms with van der Waals surface area (Å²) >= 11 is 0. The van der Waals surface area contributed by atoms with E-state index in [1.54, 1.807) is 12.1 Å². The zero-order chi connectivity index (χ0) is 29.2. The Morgan fingerprint density at radius 3 is 1.17 bits per heavy atom. The van der Waals surface area contributed by atoms with Gasteiger partial charge >= 0.3 is 0 Å². The topological polar surface area (TPSA) is 140 Å². The zero-order valence-electron chi connectivity index (χ0n) is 23.4. The van der Waals surface area contributed by atoms with Gasteiger partial charge in [-0.25, -0.2) is 44.9 Å². The smallest absolute Gasteiger partial charge is 0.164 e. The fourth-order valence-electron chi connectivity index (χ4n) is 4.55. The Balaban J connectivity index is 1.60. The van der Waals surface area contributed by atoms with Gasteiger partial charge in [0.15, 0.2) is 29.1 Å². The van der Waals surface area contributed by atoms with E-state index in [2.05, 4.69) is 36.0 Å². The summed E-state index contributed by atoms with van der Waals surface area (Å²) in [4.78, 5) is 41.6. The van der Waals surface area contributed by atoms with E-state index >= 15 is 0 Å². The van der Waals surface area contributed by atoms with Crippen molar-refractivity contribution in [2.24, 2.45) is 0 Å². The normalized spacial score (nSPS) is 10.8. The molecule has 0 bridgehead atoms. The second kappa shape index (κ2) is 11.0. The molecule has 0 aliphatic rings. The highest BCUT2D eigenvalue weighted by Gasteiger charge is 2.17. The Hall–Kier alpha value is -5.82. The Morgan fingerprint density at radius 1 is 0.405 bits per heavy atom. The molecule has 0 fully saturated rings. The molecule has 202 valence electrons. The Bertz CT molecular complexity index is 1870. The van der Waals surface area contributed by atoms with Crippen LogP contribution < -0.4 is 0 Å². The van der Waals surface area contributed by atoms with Crippen molar-refractivity contribution in [2.45, 2.75) is 27.7 Å². The van der Waals surface area contributed by atoms with Gasteiger partial charge in [-0.05, 0) is 70.2 Å². The third kappa shape index (κ3) is 5.57. The molecule has 6 rings (SSSR count). The summed E-state index contributed by atoms with van der Waals surface area (Å²) in [7, 11) is 0. The number of aryl methyl sites for hydroxylation is 4. The van der Waals surface area contributed by atoms with Crippen molar-refractivity contribution in [3.8, 4) is 63.0 Å². The van der Waals surface area contributed by atoms with Crippen molar-refractivity contribution in [3.05, 3.63) is 102 Å². The molecule has 0 saturated carbocycles. The molecule has 0 spiro atoms. The van der Waals surface area contributed by atoms with E-state index in [1.807, 2.05) is 88.4 Å². The fraction of sp³-hybridized carbons (Fsp3) is 0.125. The van der Waals surface area contributed by atoms with E-state index < -0.39 is 0 Å². The van der Waals surface area contributed by atoms with Gasteiger partial charge in [0.1, 0.15) is 23.3 Å². The van der Waals surface area contributed by atoms with Gasteiger partial charge in [-0.1, -0.05) is 30.3 Å². The molecule has 0 radical (unpaired) electrons. The summed E-state index contributed by atoms with van der Waals surface area (Å²) in [5.74, 6) is 4.97. The lowest BCUT2D eigenvalue weighted by Gasteiger charge is -2.12. The molecule has 42 heavy (non-hydrogen) atoms. The fourth-order valence-corrected chi connectivity index (χ4v) is 4.55. The van der Waals surface area contributed by atoms with Crippen LogP contribution in [0.15, 0.2) is 72.8 Å². The third-order valence-electron chi connectivity index (χ3n) is 6.37. The average molecular weight is 549 g/mol. The summed E-state index contributed by atoms with van der Waals surface area (Å²) in [6.07, 6.45) is 0. The second-order valence-electron chi connectivity index (χ2n) is 9.67. The highest BCUT2D eigenvalue weighted by molar-refractivity contribution is 5.76. The molecular formula is C32H24N10. The first kappa shape index (κ1) is 26.4. The van der Waals surface area contributed by atoms with Crippen LogP contribution in [0.1, 0.15) is 28.9 Å². The third-order valence-corrected chi connectivity index (χ3v) is 6.37. The summed E-state index contributed by atoms with van der Waals surface area (Å²) < 4.78 is 0. The van der Waals surface area contributed by atoms with Crippen LogP contribution in [0.3, 0.4) is 0 Å². The van der Waals surface area contributed by atoms with Crippen LogP contribution >= 0.6 is 0 Å². The second-order valence-corrected chi connectivity index (χ2v) is 9.67. The minimum Gasteiger partial charge on any atom is -0.219 e. The van der Waals surface area contributed by atoms with Crippen molar-refractivity contribution in [1.29, 1.82) is 5.26 Å². The number of nitrogens with zero attached hydrogens (tertiary/aromatic N) is 10. The van der Waals surface area contributed by atoms with E-state index in [1.165, 1.54) is 0 Å². The lowest BCUT2D eigenvalue weighted by molar-refractivity contribution is 0.925. The number of benzene rings is 3. The minimum absolute atomic E-state index is 0.455. The van der Waals surface area contributed by atoms with Gasteiger partial charge in [0, 0.05) is 27.8 Å². The van der Waals surface area contributed by atoms with Crippen LogP contribution in [0.5, 0.6) is 0 Å². The van der Waals surface area contributed by atoms with Gasteiger partial charge in [-0.15, -0.1) is 0 Å². The standard InChI is InChI=1S/C32H24N10/c1-18-34-19(2)37-30(36-18)25-14-26(31-38-20(3)35-21(4)39-31)16-27(15-25)32-41-28(23-8-6-5-7-9-23)40-29(42-32)24-12-10-22(17-33)11-13-24/h5-16H,1-4H3. The molecule has 0 amide bonds. The van der Waals surface area contributed by atoms with Crippen LogP contribution in [-0.2, 0) is 0 Å². The molecule has 0 unspecified atom stereocenters. The SMILES string of the molecule is Cc1nc(C)nc(-c2cc(-c3nc(C)nc(C)n3)cc(-c3nc(-c4ccccc4)nc(-c4ccc(C#N)cc4)n3)c2)n1. The molecule has 0 saturated heterocycles. The first-order valence-corrected chi connectivity index (χ1v) is 13.2. The lowest BCUT2D eigenvalue weighted by atomic mass is 10.0.